The van der Waals surface area contributed by atoms with E-state index in [1.54, 1.807) is 38.1 Å². The number of carbonyl (C=O) groups excluding carboxylic acids is 3. The van der Waals surface area contributed by atoms with Crippen LogP contribution in [0.2, 0.25) is 0 Å². The normalized spacial score (nSPS) is 16.9. The quantitative estimate of drug-likeness (QED) is 0.222. The number of aryl methyl sites for hydroxylation is 2. The molecule has 1 unspecified atom stereocenters. The Labute approximate surface area is 210 Å². The number of aromatic nitrogens is 1. The highest BCUT2D eigenvalue weighted by Crippen LogP contribution is 2.44. The maximum atomic E-state index is 15.0. The number of aliphatic hydroxyl groups excluding tert-OH is 1. The van der Waals surface area contributed by atoms with Gasteiger partial charge < -0.3 is 14.6 Å². The Balaban J connectivity index is 1.93. The smallest absolute Gasteiger partial charge is 0.350 e. The molecular formula is C26H23FN2O6S. The van der Waals surface area contributed by atoms with E-state index in [-0.39, 0.29) is 32.4 Å². The van der Waals surface area contributed by atoms with Gasteiger partial charge >= 0.3 is 11.9 Å². The molecule has 186 valence electrons. The van der Waals surface area contributed by atoms with Gasteiger partial charge in [-0.3, -0.25) is 14.5 Å². The van der Waals surface area contributed by atoms with E-state index in [4.69, 9.17) is 9.47 Å². The van der Waals surface area contributed by atoms with Crippen LogP contribution in [0, 0.1) is 19.7 Å². The average molecular weight is 511 g/mol. The average Bonchev–Trinajstić information content (AvgIpc) is 3.36. The van der Waals surface area contributed by atoms with Crippen LogP contribution in [0.3, 0.4) is 0 Å². The highest BCUT2D eigenvalue weighted by molar-refractivity contribution is 7.17. The zero-order chi connectivity index (χ0) is 26.1. The molecule has 36 heavy (non-hydrogen) atoms. The van der Waals surface area contributed by atoms with E-state index in [9.17, 15) is 19.5 Å². The highest BCUT2D eigenvalue weighted by Gasteiger charge is 2.49. The number of esters is 1. The van der Waals surface area contributed by atoms with Gasteiger partial charge in [0, 0.05) is 11.1 Å². The van der Waals surface area contributed by atoms with Gasteiger partial charge in [0.2, 0.25) is 0 Å². The van der Waals surface area contributed by atoms with Crippen LogP contribution in [0.1, 0.15) is 45.0 Å². The fraction of sp³-hybridized carbons (Fsp3) is 0.231. The standard InChI is InChI=1S/C26H23FN2O6S/c1-5-35-18-11-10-15(12-13(18)2)21(30)19-20(16-8-6-7-9-17(16)27)29(24(32)22(19)31)26-28-14(3)23(36-26)25(33)34-4/h6-12,20,30H,5H2,1-4H3/b21-19+. The summed E-state index contributed by atoms with van der Waals surface area (Å²) in [6.45, 7) is 5.63. The molecule has 2 aromatic carbocycles. The first-order valence-electron chi connectivity index (χ1n) is 11.0. The summed E-state index contributed by atoms with van der Waals surface area (Å²) in [6, 6.07) is 9.18. The molecule has 0 saturated carbocycles. The van der Waals surface area contributed by atoms with Crippen LogP contribution in [0.25, 0.3) is 5.76 Å². The van der Waals surface area contributed by atoms with E-state index in [0.717, 1.165) is 16.2 Å². The number of nitrogens with zero attached hydrogens (tertiary/aromatic N) is 2. The molecule has 1 fully saturated rings. The van der Waals surface area contributed by atoms with Crippen molar-refractivity contribution in [3.8, 4) is 5.75 Å². The zero-order valence-electron chi connectivity index (χ0n) is 20.0. The molecule has 3 aromatic rings. The number of anilines is 1. The number of amides is 1. The molecular weight excluding hydrogens is 487 g/mol. The monoisotopic (exact) mass is 510 g/mol. The topological polar surface area (TPSA) is 106 Å². The Hall–Kier alpha value is -4.05. The maximum absolute atomic E-state index is 15.0. The maximum Gasteiger partial charge on any atom is 0.350 e. The molecule has 8 nitrogen and oxygen atoms in total. The number of aliphatic hydroxyl groups is 1. The number of hydrogen-bond acceptors (Lipinski definition) is 8. The number of rotatable bonds is 6. The third kappa shape index (κ3) is 4.24. The van der Waals surface area contributed by atoms with Gasteiger partial charge in [-0.15, -0.1) is 0 Å². The molecule has 0 aliphatic carbocycles. The van der Waals surface area contributed by atoms with E-state index in [1.807, 2.05) is 6.92 Å². The third-order valence-corrected chi connectivity index (χ3v) is 6.89. The van der Waals surface area contributed by atoms with Gasteiger partial charge in [0.05, 0.1) is 25.0 Å². The zero-order valence-corrected chi connectivity index (χ0v) is 20.8. The third-order valence-electron chi connectivity index (χ3n) is 5.75. The van der Waals surface area contributed by atoms with E-state index in [1.165, 1.54) is 25.3 Å². The number of hydrogen-bond donors (Lipinski definition) is 1. The van der Waals surface area contributed by atoms with Gasteiger partial charge in [0.15, 0.2) is 5.13 Å². The van der Waals surface area contributed by atoms with Crippen molar-refractivity contribution >= 4 is 39.9 Å². The number of halogens is 1. The van der Waals surface area contributed by atoms with Crippen molar-refractivity contribution in [3.05, 3.63) is 81.1 Å². The lowest BCUT2D eigenvalue weighted by Gasteiger charge is -2.23. The summed E-state index contributed by atoms with van der Waals surface area (Å²) in [7, 11) is 1.21. The van der Waals surface area contributed by atoms with Crippen LogP contribution in [0.15, 0.2) is 48.0 Å². The lowest BCUT2D eigenvalue weighted by atomic mass is 9.94. The van der Waals surface area contributed by atoms with Gasteiger partial charge in [-0.2, -0.15) is 0 Å². The van der Waals surface area contributed by atoms with E-state index in [2.05, 4.69) is 4.98 Å². The molecule has 1 atom stereocenters. The Kier molecular flexibility index (Phi) is 6.89. The molecule has 4 rings (SSSR count). The van der Waals surface area contributed by atoms with Crippen molar-refractivity contribution in [1.29, 1.82) is 0 Å². The second kappa shape index (κ2) is 9.90. The number of methoxy groups -OCH3 is 1. The minimum atomic E-state index is -1.31. The molecule has 1 N–H and O–H groups in total. The lowest BCUT2D eigenvalue weighted by molar-refractivity contribution is -0.132. The summed E-state index contributed by atoms with van der Waals surface area (Å²) >= 11 is 0.843. The molecule has 0 radical (unpaired) electrons. The Morgan fingerprint density at radius 2 is 1.92 bits per heavy atom. The number of Topliss-reactive ketones (excluding diaryl/α,β-unsaturated/α-hetero) is 1. The Bertz CT molecular complexity index is 1410. The molecule has 0 spiro atoms. The van der Waals surface area contributed by atoms with Crippen LogP contribution < -0.4 is 9.64 Å². The summed E-state index contributed by atoms with van der Waals surface area (Å²) in [6.07, 6.45) is 0. The fourth-order valence-electron chi connectivity index (χ4n) is 4.06. The van der Waals surface area contributed by atoms with Gasteiger partial charge in [0.25, 0.3) is 5.78 Å². The predicted molar refractivity (Wildman–Crippen MR) is 132 cm³/mol. The minimum Gasteiger partial charge on any atom is -0.507 e. The summed E-state index contributed by atoms with van der Waals surface area (Å²) in [4.78, 5) is 44.1. The van der Waals surface area contributed by atoms with Crippen molar-refractivity contribution in [1.82, 2.24) is 4.98 Å². The molecule has 10 heteroatoms. The molecule has 1 aromatic heterocycles. The number of carbonyl (C=O) groups is 3. The second-order valence-corrected chi connectivity index (χ2v) is 8.98. The molecule has 2 heterocycles. The Morgan fingerprint density at radius 1 is 1.19 bits per heavy atom. The van der Waals surface area contributed by atoms with Crippen LogP contribution in [0.5, 0.6) is 5.75 Å². The largest absolute Gasteiger partial charge is 0.507 e. The molecule has 1 aliphatic heterocycles. The van der Waals surface area contributed by atoms with Crippen molar-refractivity contribution in [2.24, 2.45) is 0 Å². The van der Waals surface area contributed by atoms with Gasteiger partial charge in [0.1, 0.15) is 28.2 Å². The molecule has 1 amide bonds. The number of benzene rings is 2. The number of thiazole rings is 1. The molecule has 0 bridgehead atoms. The van der Waals surface area contributed by atoms with Crippen LogP contribution >= 0.6 is 11.3 Å². The SMILES string of the molecule is CCOc1ccc(/C(O)=C2\C(=O)C(=O)N(c3nc(C)c(C(=O)OC)s3)C2c2ccccc2F)cc1C. The molecule has 1 aliphatic rings. The Morgan fingerprint density at radius 3 is 2.56 bits per heavy atom. The highest BCUT2D eigenvalue weighted by atomic mass is 32.1. The first-order chi connectivity index (χ1) is 17.2. The molecule has 1 saturated heterocycles. The fourth-order valence-corrected chi connectivity index (χ4v) is 5.07. The van der Waals surface area contributed by atoms with Crippen molar-refractivity contribution in [2.45, 2.75) is 26.8 Å². The first kappa shape index (κ1) is 25.1. The minimum absolute atomic E-state index is 0.00479. The van der Waals surface area contributed by atoms with Gasteiger partial charge in [-0.25, -0.2) is 14.2 Å². The van der Waals surface area contributed by atoms with E-state index >= 15 is 4.39 Å². The number of ketones is 1. The predicted octanol–water partition coefficient (Wildman–Crippen LogP) is 4.71. The lowest BCUT2D eigenvalue weighted by Crippen LogP contribution is -2.29. The summed E-state index contributed by atoms with van der Waals surface area (Å²) in [5, 5.41) is 11.3. The van der Waals surface area contributed by atoms with Crippen molar-refractivity contribution in [2.75, 3.05) is 18.6 Å². The van der Waals surface area contributed by atoms with E-state index < -0.39 is 35.3 Å². The number of ether oxygens (including phenoxy) is 2. The summed E-state index contributed by atoms with van der Waals surface area (Å²) in [5.74, 6) is -3.19. The van der Waals surface area contributed by atoms with Crippen LogP contribution in [-0.4, -0.2) is 41.5 Å². The summed E-state index contributed by atoms with van der Waals surface area (Å²) in [5.41, 5.74) is 0.962. The van der Waals surface area contributed by atoms with Gasteiger partial charge in [-0.1, -0.05) is 29.5 Å². The van der Waals surface area contributed by atoms with Gasteiger partial charge in [-0.05, 0) is 50.6 Å². The summed E-state index contributed by atoms with van der Waals surface area (Å²) < 4.78 is 25.3. The van der Waals surface area contributed by atoms with Crippen LogP contribution in [0.4, 0.5) is 9.52 Å². The van der Waals surface area contributed by atoms with E-state index in [0.29, 0.717) is 17.9 Å². The second-order valence-electron chi connectivity index (χ2n) is 8.01. The van der Waals surface area contributed by atoms with Crippen molar-refractivity contribution < 1.29 is 33.4 Å². The van der Waals surface area contributed by atoms with Crippen molar-refractivity contribution in [3.63, 3.8) is 0 Å². The van der Waals surface area contributed by atoms with Crippen LogP contribution in [-0.2, 0) is 14.3 Å². The first-order valence-corrected chi connectivity index (χ1v) is 11.9.